The second-order valence-corrected chi connectivity index (χ2v) is 19.2. The van der Waals surface area contributed by atoms with E-state index < -0.39 is 0 Å². The molecule has 0 bridgehead atoms. The molecule has 5 nitrogen and oxygen atoms in total. The van der Waals surface area contributed by atoms with Crippen LogP contribution in [0, 0.1) is 5.92 Å². The number of hydrogen-bond donors (Lipinski definition) is 2. The first-order chi connectivity index (χ1) is 30.8. The summed E-state index contributed by atoms with van der Waals surface area (Å²) in [5, 5.41) is 7.39. The van der Waals surface area contributed by atoms with Gasteiger partial charge in [0.1, 0.15) is 0 Å². The number of para-hydroxylation sites is 2. The summed E-state index contributed by atoms with van der Waals surface area (Å²) in [4.78, 5) is 11.1. The minimum Gasteiger partial charge on any atom is -0.383 e. The number of benzene rings is 5. The van der Waals surface area contributed by atoms with Gasteiger partial charge in [-0.15, -0.1) is 0 Å². The van der Waals surface area contributed by atoms with Crippen LogP contribution in [0.1, 0.15) is 75.6 Å². The fourth-order valence-corrected chi connectivity index (χ4v) is 12.2. The highest BCUT2D eigenvalue weighted by molar-refractivity contribution is 6.09. The van der Waals surface area contributed by atoms with E-state index in [1.807, 2.05) is 0 Å². The van der Waals surface area contributed by atoms with Crippen LogP contribution >= 0.6 is 0 Å². The number of allylic oxidation sites excluding steroid dienone is 5. The molecule has 7 aliphatic rings. The highest BCUT2D eigenvalue weighted by atomic mass is 15.2. The zero-order valence-electron chi connectivity index (χ0n) is 36.7. The summed E-state index contributed by atoms with van der Waals surface area (Å²) < 4.78 is 0. The van der Waals surface area contributed by atoms with Crippen molar-refractivity contribution in [1.82, 2.24) is 10.6 Å². The molecular formula is C58H55N5. The van der Waals surface area contributed by atoms with Gasteiger partial charge in [0, 0.05) is 33.8 Å². The van der Waals surface area contributed by atoms with Crippen LogP contribution in [0.25, 0.3) is 22.3 Å². The number of aliphatic imine (C=N–C) groups is 1. The average Bonchev–Trinajstić information content (AvgIpc) is 3.70. The Balaban J connectivity index is 1.00. The second kappa shape index (κ2) is 14.5. The van der Waals surface area contributed by atoms with E-state index in [1.54, 1.807) is 0 Å². The lowest BCUT2D eigenvalue weighted by atomic mass is 9.70. The predicted molar refractivity (Wildman–Crippen MR) is 262 cm³/mol. The molecule has 63 heavy (non-hydrogen) atoms. The Morgan fingerprint density at radius 2 is 1.41 bits per heavy atom. The zero-order chi connectivity index (χ0) is 42.5. The summed E-state index contributed by atoms with van der Waals surface area (Å²) in [6.45, 7) is 9.57. The van der Waals surface area contributed by atoms with E-state index in [-0.39, 0.29) is 40.9 Å². The molecule has 6 atom stereocenters. The molecule has 5 aromatic rings. The van der Waals surface area contributed by atoms with Crippen molar-refractivity contribution in [2.45, 2.75) is 88.4 Å². The zero-order valence-corrected chi connectivity index (χ0v) is 36.7. The first-order valence-electron chi connectivity index (χ1n) is 23.2. The van der Waals surface area contributed by atoms with Crippen LogP contribution in [0.3, 0.4) is 0 Å². The SMILES string of the molecule is CC1C=C(N2C3=C(C=CCC3)C3N(c4ccc(-c5ccc6c(c5)-c5ccccc5C6(C)C)cc4)c4ccccc4C3(C)c3ccccc32)C(C2CCC=CN2)=NC1C1C=CC=CN1. The van der Waals surface area contributed by atoms with Crippen LogP contribution in [0.5, 0.6) is 0 Å². The molecule has 0 saturated carbocycles. The fourth-order valence-electron chi connectivity index (χ4n) is 12.2. The molecule has 2 N–H and O–H groups in total. The highest BCUT2D eigenvalue weighted by Gasteiger charge is 2.55. The van der Waals surface area contributed by atoms with Gasteiger partial charge in [-0.1, -0.05) is 142 Å². The summed E-state index contributed by atoms with van der Waals surface area (Å²) in [5.74, 6) is 0.216. The standard InChI is InChI=1S/C58H55N5/c1-37-35-53(55(49-23-14-16-34-60-49)61-54(37)48-22-13-15-33-59-48)63-50-24-10-6-18-42(50)56-58(4,47-21-9-12-26-52(47)63)46-20-8-11-25-51(46)62(56)40-30-27-38(28-31-40)39-29-32-45-43(36-39)41-17-5-7-19-44(41)57(45,2)3/h5-9,11-13,15-22,25-37,48-49,54,56,59-60H,10,14,23-24H2,1-4H3. The molecule has 5 aliphatic heterocycles. The predicted octanol–water partition coefficient (Wildman–Crippen LogP) is 12.6. The van der Waals surface area contributed by atoms with Crippen molar-refractivity contribution in [2.75, 3.05) is 9.80 Å². The van der Waals surface area contributed by atoms with Crippen molar-refractivity contribution in [3.05, 3.63) is 209 Å². The van der Waals surface area contributed by atoms with Gasteiger partial charge < -0.3 is 20.4 Å². The second-order valence-electron chi connectivity index (χ2n) is 19.2. The lowest BCUT2D eigenvalue weighted by Gasteiger charge is -2.41. The molecule has 5 aromatic carbocycles. The normalized spacial score (nSPS) is 26.9. The van der Waals surface area contributed by atoms with Crippen molar-refractivity contribution >= 4 is 22.8 Å². The molecular weight excluding hydrogens is 767 g/mol. The quantitative estimate of drug-likeness (QED) is 0.185. The Kier molecular flexibility index (Phi) is 8.76. The number of rotatable bonds is 5. The monoisotopic (exact) mass is 821 g/mol. The summed E-state index contributed by atoms with van der Waals surface area (Å²) in [6, 6.07) is 44.3. The third kappa shape index (κ3) is 5.71. The van der Waals surface area contributed by atoms with Crippen molar-refractivity contribution in [3.8, 4) is 22.3 Å². The van der Waals surface area contributed by atoms with Gasteiger partial charge in [-0.2, -0.15) is 0 Å². The molecule has 2 aliphatic carbocycles. The minimum atomic E-state index is -0.362. The van der Waals surface area contributed by atoms with E-state index in [4.69, 9.17) is 4.99 Å². The van der Waals surface area contributed by atoms with Gasteiger partial charge in [0.2, 0.25) is 0 Å². The van der Waals surface area contributed by atoms with Gasteiger partial charge in [-0.3, -0.25) is 4.99 Å². The third-order valence-corrected chi connectivity index (χ3v) is 15.3. The Hall–Kier alpha value is -6.59. The average molecular weight is 822 g/mol. The van der Waals surface area contributed by atoms with Crippen LogP contribution in [0.2, 0.25) is 0 Å². The molecule has 6 unspecified atom stereocenters. The van der Waals surface area contributed by atoms with Gasteiger partial charge in [0.25, 0.3) is 0 Å². The lowest BCUT2D eigenvalue weighted by Crippen LogP contribution is -2.48. The Bertz CT molecular complexity index is 2900. The molecule has 0 fully saturated rings. The first-order valence-corrected chi connectivity index (χ1v) is 23.2. The van der Waals surface area contributed by atoms with E-state index in [2.05, 4.69) is 218 Å². The molecule has 0 aromatic heterocycles. The van der Waals surface area contributed by atoms with Crippen LogP contribution in [-0.4, -0.2) is 29.9 Å². The number of fused-ring (bicyclic) bond motifs is 9. The Morgan fingerprint density at radius 1 is 0.683 bits per heavy atom. The molecule has 5 heteroatoms. The van der Waals surface area contributed by atoms with Gasteiger partial charge in [-0.25, -0.2) is 0 Å². The number of dihydropyridines is 2. The molecule has 0 radical (unpaired) electrons. The third-order valence-electron chi connectivity index (χ3n) is 15.3. The van der Waals surface area contributed by atoms with E-state index >= 15 is 0 Å². The van der Waals surface area contributed by atoms with Gasteiger partial charge >= 0.3 is 0 Å². The number of nitrogens with zero attached hydrogens (tertiary/aromatic N) is 3. The number of anilines is 3. The van der Waals surface area contributed by atoms with Crippen molar-refractivity contribution in [3.63, 3.8) is 0 Å². The largest absolute Gasteiger partial charge is 0.383 e. The molecule has 312 valence electrons. The van der Waals surface area contributed by atoms with Gasteiger partial charge in [-0.05, 0) is 131 Å². The van der Waals surface area contributed by atoms with Crippen molar-refractivity contribution < 1.29 is 0 Å². The van der Waals surface area contributed by atoms with Gasteiger partial charge in [0.15, 0.2) is 0 Å². The maximum Gasteiger partial charge on any atom is 0.0812 e. The smallest absolute Gasteiger partial charge is 0.0812 e. The lowest BCUT2D eigenvalue weighted by molar-refractivity contribution is 0.449. The van der Waals surface area contributed by atoms with Crippen molar-refractivity contribution in [1.29, 1.82) is 0 Å². The first kappa shape index (κ1) is 38.1. The molecule has 0 saturated heterocycles. The summed E-state index contributed by atoms with van der Waals surface area (Å²) in [5.41, 5.74) is 19.2. The minimum absolute atomic E-state index is 0.00732. The van der Waals surface area contributed by atoms with Crippen LogP contribution in [0.4, 0.5) is 17.1 Å². The highest BCUT2D eigenvalue weighted by Crippen LogP contribution is 2.60. The van der Waals surface area contributed by atoms with E-state index in [9.17, 15) is 0 Å². The summed E-state index contributed by atoms with van der Waals surface area (Å²) in [6.07, 6.45) is 24.4. The molecule has 5 heterocycles. The van der Waals surface area contributed by atoms with Crippen LogP contribution in [0.15, 0.2) is 192 Å². The molecule has 12 rings (SSSR count). The van der Waals surface area contributed by atoms with E-state index in [0.29, 0.717) is 0 Å². The fraction of sp³-hybridized carbons (Fsp3) is 0.259. The summed E-state index contributed by atoms with van der Waals surface area (Å²) in [7, 11) is 0. The van der Waals surface area contributed by atoms with Crippen molar-refractivity contribution in [2.24, 2.45) is 10.9 Å². The summed E-state index contributed by atoms with van der Waals surface area (Å²) >= 11 is 0. The van der Waals surface area contributed by atoms with Gasteiger partial charge in [0.05, 0.1) is 41.3 Å². The van der Waals surface area contributed by atoms with Crippen LogP contribution in [-0.2, 0) is 10.8 Å². The van der Waals surface area contributed by atoms with E-state index in [1.165, 1.54) is 78.5 Å². The maximum absolute atomic E-state index is 5.78. The van der Waals surface area contributed by atoms with E-state index in [0.717, 1.165) is 31.4 Å². The number of nitrogens with one attached hydrogen (secondary N) is 2. The Labute approximate surface area is 372 Å². The van der Waals surface area contributed by atoms with Crippen LogP contribution < -0.4 is 20.4 Å². The Morgan fingerprint density at radius 3 is 2.19 bits per heavy atom. The number of hydrogen-bond acceptors (Lipinski definition) is 5. The molecule has 0 amide bonds. The topological polar surface area (TPSA) is 42.9 Å². The molecule has 0 spiro atoms. The maximum atomic E-state index is 5.78.